The molecule has 2 heterocycles. The minimum absolute atomic E-state index is 0.106. The van der Waals surface area contributed by atoms with Crippen molar-refractivity contribution in [1.82, 2.24) is 4.57 Å². The summed E-state index contributed by atoms with van der Waals surface area (Å²) in [5.74, 6) is 0.106. The lowest BCUT2D eigenvalue weighted by atomic mass is 9.70. The van der Waals surface area contributed by atoms with Gasteiger partial charge in [0.15, 0.2) is 0 Å². The Bertz CT molecular complexity index is 3010. The molecule has 246 valence electrons. The molecule has 8 aromatic carbocycles. The number of hydrogen-bond donors (Lipinski definition) is 0. The fraction of sp³-hybridized carbons (Fsp3) is 0.0392. The predicted octanol–water partition coefficient (Wildman–Crippen LogP) is 12.3. The van der Waals surface area contributed by atoms with Gasteiger partial charge in [0.25, 0.3) is 0 Å². The Kier molecular flexibility index (Phi) is 5.67. The van der Waals surface area contributed by atoms with Gasteiger partial charge in [0.05, 0.1) is 22.9 Å². The Morgan fingerprint density at radius 3 is 1.72 bits per heavy atom. The molecule has 0 radical (unpaired) electrons. The molecule has 9 aromatic rings. The zero-order valence-corrected chi connectivity index (χ0v) is 28.8. The molecule has 12 rings (SSSR count). The first-order valence-electron chi connectivity index (χ1n) is 18.4. The molecule has 1 aromatic heterocycles. The first-order chi connectivity index (χ1) is 26.2. The van der Waals surface area contributed by atoms with Crippen molar-refractivity contribution in [3.63, 3.8) is 0 Å². The van der Waals surface area contributed by atoms with Crippen LogP contribution in [-0.2, 0) is 11.8 Å². The maximum atomic E-state index is 14.9. The summed E-state index contributed by atoms with van der Waals surface area (Å²) < 4.78 is 2.08. The van der Waals surface area contributed by atoms with Crippen molar-refractivity contribution in [3.05, 3.63) is 204 Å². The van der Waals surface area contributed by atoms with Crippen molar-refractivity contribution >= 4 is 27.7 Å². The molecule has 0 saturated carbocycles. The zero-order valence-electron chi connectivity index (χ0n) is 28.8. The summed E-state index contributed by atoms with van der Waals surface area (Å²) in [6.45, 7) is 0. The average molecular weight is 674 g/mol. The fourth-order valence-corrected chi connectivity index (χ4v) is 10.1. The first-order valence-corrected chi connectivity index (χ1v) is 18.4. The monoisotopic (exact) mass is 673 g/mol. The van der Waals surface area contributed by atoms with Crippen molar-refractivity contribution in [3.8, 4) is 55.6 Å². The second-order valence-electron chi connectivity index (χ2n) is 14.7. The summed E-state index contributed by atoms with van der Waals surface area (Å²) in [5, 5.41) is 2.24. The summed E-state index contributed by atoms with van der Waals surface area (Å²) in [7, 11) is 0. The Hall–Kier alpha value is -6.77. The molecule has 3 aliphatic rings. The van der Waals surface area contributed by atoms with E-state index in [1.165, 1.54) is 55.6 Å². The molecule has 0 amide bonds. The Morgan fingerprint density at radius 2 is 0.962 bits per heavy atom. The first kappa shape index (κ1) is 28.9. The molecule has 53 heavy (non-hydrogen) atoms. The van der Waals surface area contributed by atoms with Crippen LogP contribution in [0.3, 0.4) is 0 Å². The van der Waals surface area contributed by atoms with Crippen LogP contribution >= 0.6 is 0 Å². The number of aromatic nitrogens is 1. The van der Waals surface area contributed by atoms with E-state index >= 15 is 0 Å². The van der Waals surface area contributed by atoms with E-state index in [1.807, 2.05) is 0 Å². The maximum Gasteiger partial charge on any atom is 0.236 e. The summed E-state index contributed by atoms with van der Waals surface area (Å²) in [6.07, 6.45) is 0.329. The molecule has 2 nitrogen and oxygen atoms in total. The molecular formula is C51H31NO. The van der Waals surface area contributed by atoms with Crippen LogP contribution in [0.1, 0.15) is 32.6 Å². The van der Waals surface area contributed by atoms with Gasteiger partial charge in [0.1, 0.15) is 0 Å². The van der Waals surface area contributed by atoms with E-state index in [2.05, 4.69) is 180 Å². The second-order valence-corrected chi connectivity index (χ2v) is 14.7. The zero-order chi connectivity index (χ0) is 34.8. The van der Waals surface area contributed by atoms with Crippen molar-refractivity contribution in [2.24, 2.45) is 0 Å². The number of benzene rings is 8. The highest BCUT2D eigenvalue weighted by Gasteiger charge is 2.52. The second kappa shape index (κ2) is 10.4. The summed E-state index contributed by atoms with van der Waals surface area (Å²) in [6, 6.07) is 63.8. The number of rotatable bonds is 2. The third-order valence-corrected chi connectivity index (χ3v) is 12.2. The standard InChI is InChI=1S/C51H31NO/c53-47-30-35-25-24-34(33-15-10-14-32(28-33)31-12-2-1-3-13-31)29-42(35)39-20-11-19-38-40-26-27-46-48(50(40)52(47)49(38)39)41-18-6-9-23-45(41)51(46)43-21-7-4-16-36(43)37-17-5-8-22-44(37)51/h1-29H,30H2. The van der Waals surface area contributed by atoms with Crippen LogP contribution in [0.4, 0.5) is 0 Å². The number of carbonyl (C=O) groups excluding carboxylic acids is 1. The van der Waals surface area contributed by atoms with Crippen LogP contribution < -0.4 is 0 Å². The molecule has 1 aliphatic heterocycles. The molecule has 0 fully saturated rings. The number of hydrogen-bond acceptors (Lipinski definition) is 1. The lowest BCUT2D eigenvalue weighted by molar-refractivity contribution is 0.0925. The van der Waals surface area contributed by atoms with E-state index in [-0.39, 0.29) is 5.91 Å². The van der Waals surface area contributed by atoms with Crippen LogP contribution in [-0.4, -0.2) is 10.5 Å². The van der Waals surface area contributed by atoms with Gasteiger partial charge in [-0.3, -0.25) is 9.36 Å². The van der Waals surface area contributed by atoms with Crippen molar-refractivity contribution < 1.29 is 4.79 Å². The van der Waals surface area contributed by atoms with E-state index in [0.29, 0.717) is 6.42 Å². The smallest absolute Gasteiger partial charge is 0.236 e. The quantitative estimate of drug-likeness (QED) is 0.179. The van der Waals surface area contributed by atoms with Crippen LogP contribution in [0.15, 0.2) is 176 Å². The lowest BCUT2D eigenvalue weighted by Crippen LogP contribution is -2.25. The van der Waals surface area contributed by atoms with E-state index < -0.39 is 5.41 Å². The summed E-state index contributed by atoms with van der Waals surface area (Å²) in [4.78, 5) is 14.9. The average Bonchev–Trinajstić information content (AvgIpc) is 3.80. The van der Waals surface area contributed by atoms with Crippen LogP contribution in [0, 0.1) is 0 Å². The van der Waals surface area contributed by atoms with Gasteiger partial charge in [-0.1, -0.05) is 164 Å². The molecule has 0 bridgehead atoms. The minimum atomic E-state index is -0.465. The number of carbonyl (C=O) groups is 1. The van der Waals surface area contributed by atoms with Crippen molar-refractivity contribution in [1.29, 1.82) is 0 Å². The Morgan fingerprint density at radius 1 is 0.396 bits per heavy atom. The SMILES string of the molecule is O=C1Cc2ccc(-c3cccc(-c4ccccc4)c3)cc2-c2cccc3c4ccc5c(c4n1c23)-c1ccccc1C51c2ccccc2-c2ccccc21. The van der Waals surface area contributed by atoms with E-state index in [9.17, 15) is 4.79 Å². The largest absolute Gasteiger partial charge is 0.278 e. The Balaban J connectivity index is 1.14. The van der Waals surface area contributed by atoms with Crippen molar-refractivity contribution in [2.45, 2.75) is 11.8 Å². The minimum Gasteiger partial charge on any atom is -0.278 e. The van der Waals surface area contributed by atoms with Gasteiger partial charge in [-0.15, -0.1) is 0 Å². The number of para-hydroxylation sites is 1. The van der Waals surface area contributed by atoms with Crippen molar-refractivity contribution in [2.75, 3.05) is 0 Å². The van der Waals surface area contributed by atoms with E-state index in [4.69, 9.17) is 0 Å². The molecule has 2 aliphatic carbocycles. The van der Waals surface area contributed by atoms with Gasteiger partial charge in [0, 0.05) is 21.9 Å². The molecule has 0 N–H and O–H groups in total. The highest BCUT2D eigenvalue weighted by atomic mass is 16.2. The molecule has 0 atom stereocenters. The van der Waals surface area contributed by atoms with Gasteiger partial charge in [-0.2, -0.15) is 0 Å². The third-order valence-electron chi connectivity index (χ3n) is 12.2. The molecular weight excluding hydrogens is 643 g/mol. The summed E-state index contributed by atoms with van der Waals surface area (Å²) >= 11 is 0. The van der Waals surface area contributed by atoms with Gasteiger partial charge < -0.3 is 0 Å². The molecule has 2 heteroatoms. The molecule has 0 saturated heterocycles. The van der Waals surface area contributed by atoms with E-state index in [0.717, 1.165) is 49.6 Å². The number of fused-ring (bicyclic) bond motifs is 16. The lowest BCUT2D eigenvalue weighted by Gasteiger charge is -2.30. The maximum absolute atomic E-state index is 14.9. The van der Waals surface area contributed by atoms with Gasteiger partial charge in [-0.25, -0.2) is 0 Å². The highest BCUT2D eigenvalue weighted by Crippen LogP contribution is 2.64. The van der Waals surface area contributed by atoms with Crippen LogP contribution in [0.5, 0.6) is 0 Å². The predicted molar refractivity (Wildman–Crippen MR) is 216 cm³/mol. The van der Waals surface area contributed by atoms with Gasteiger partial charge >= 0.3 is 0 Å². The molecule has 1 spiro atoms. The number of nitrogens with zero attached hydrogens (tertiary/aromatic N) is 1. The highest BCUT2D eigenvalue weighted by molar-refractivity contribution is 6.23. The Labute approximate surface area is 307 Å². The fourth-order valence-electron chi connectivity index (χ4n) is 10.1. The van der Waals surface area contributed by atoms with Gasteiger partial charge in [0.2, 0.25) is 5.91 Å². The van der Waals surface area contributed by atoms with Gasteiger partial charge in [-0.05, 0) is 84.5 Å². The summed E-state index contributed by atoms with van der Waals surface area (Å²) in [5.41, 5.74) is 19.6. The topological polar surface area (TPSA) is 22.0 Å². The third kappa shape index (κ3) is 3.65. The van der Waals surface area contributed by atoms with Crippen LogP contribution in [0.2, 0.25) is 0 Å². The molecule has 0 unspecified atom stereocenters. The van der Waals surface area contributed by atoms with Crippen LogP contribution in [0.25, 0.3) is 77.4 Å². The van der Waals surface area contributed by atoms with E-state index in [1.54, 1.807) is 0 Å². The normalized spacial score (nSPS) is 14.2.